The van der Waals surface area contributed by atoms with Crippen LogP contribution in [0.4, 0.5) is 0 Å². The van der Waals surface area contributed by atoms with Crippen molar-refractivity contribution in [1.82, 2.24) is 5.32 Å². The first-order valence-electron chi connectivity index (χ1n) is 6.40. The van der Waals surface area contributed by atoms with Gasteiger partial charge >= 0.3 is 11.9 Å². The zero-order valence-corrected chi connectivity index (χ0v) is 12.5. The van der Waals surface area contributed by atoms with Crippen LogP contribution in [0, 0.1) is 5.92 Å². The summed E-state index contributed by atoms with van der Waals surface area (Å²) in [4.78, 5) is 36.0. The molecule has 6 nitrogen and oxygen atoms in total. The number of methoxy groups -OCH3 is 2. The zero-order valence-electron chi connectivity index (χ0n) is 12.5. The number of rotatable bonds is 5. The highest BCUT2D eigenvalue weighted by atomic mass is 16.5. The molecular weight excluding hydrogens is 274 g/mol. The molecule has 114 valence electrons. The fraction of sp³-hybridized carbons (Fsp3) is 0.400. The van der Waals surface area contributed by atoms with E-state index < -0.39 is 29.3 Å². The van der Waals surface area contributed by atoms with Crippen molar-refractivity contribution in [2.45, 2.75) is 19.4 Å². The van der Waals surface area contributed by atoms with Gasteiger partial charge in [-0.15, -0.1) is 0 Å². The lowest BCUT2D eigenvalue weighted by molar-refractivity contribution is -0.159. The first-order chi connectivity index (χ1) is 9.86. The summed E-state index contributed by atoms with van der Waals surface area (Å²) in [5.41, 5.74) is -1.14. The molecule has 0 aliphatic carbocycles. The summed E-state index contributed by atoms with van der Waals surface area (Å²) in [6, 6.07) is 8.39. The van der Waals surface area contributed by atoms with E-state index in [2.05, 4.69) is 10.1 Å². The van der Waals surface area contributed by atoms with Crippen molar-refractivity contribution < 1.29 is 23.9 Å². The van der Waals surface area contributed by atoms with Crippen molar-refractivity contribution in [3.05, 3.63) is 35.9 Å². The van der Waals surface area contributed by atoms with Crippen molar-refractivity contribution in [3.63, 3.8) is 0 Å². The van der Waals surface area contributed by atoms with Gasteiger partial charge in [0.2, 0.25) is 0 Å². The number of hydrogen-bond donors (Lipinski definition) is 1. The van der Waals surface area contributed by atoms with Gasteiger partial charge in [0.1, 0.15) is 5.54 Å². The Balaban J connectivity index is 3.06. The number of benzene rings is 1. The van der Waals surface area contributed by atoms with E-state index in [1.54, 1.807) is 30.3 Å². The molecule has 1 amide bonds. The predicted octanol–water partition coefficient (Wildman–Crippen LogP) is 1.16. The molecular formula is C15H19NO5. The van der Waals surface area contributed by atoms with Crippen LogP contribution in [0.25, 0.3) is 0 Å². The van der Waals surface area contributed by atoms with Gasteiger partial charge in [-0.05, 0) is 26.0 Å². The molecule has 6 heteroatoms. The van der Waals surface area contributed by atoms with Crippen molar-refractivity contribution in [1.29, 1.82) is 0 Å². The van der Waals surface area contributed by atoms with Gasteiger partial charge in [-0.25, -0.2) is 4.79 Å². The van der Waals surface area contributed by atoms with Gasteiger partial charge in [0, 0.05) is 5.56 Å². The quantitative estimate of drug-likeness (QED) is 0.824. The van der Waals surface area contributed by atoms with E-state index in [1.807, 2.05) is 0 Å². The van der Waals surface area contributed by atoms with Crippen LogP contribution < -0.4 is 5.32 Å². The summed E-state index contributed by atoms with van der Waals surface area (Å²) in [6.45, 7) is 2.93. The van der Waals surface area contributed by atoms with Gasteiger partial charge in [-0.1, -0.05) is 18.2 Å². The average molecular weight is 293 g/mol. The van der Waals surface area contributed by atoms with Crippen molar-refractivity contribution >= 4 is 17.8 Å². The number of carbonyl (C=O) groups is 3. The van der Waals surface area contributed by atoms with E-state index in [0.29, 0.717) is 5.56 Å². The second-order valence-electron chi connectivity index (χ2n) is 4.76. The summed E-state index contributed by atoms with van der Waals surface area (Å²) in [6.07, 6.45) is 0. The van der Waals surface area contributed by atoms with E-state index in [1.165, 1.54) is 28.1 Å². The highest BCUT2D eigenvalue weighted by molar-refractivity contribution is 5.99. The monoisotopic (exact) mass is 293 g/mol. The standard InChI is InChI=1S/C15H19NO5/c1-10(13(18)20-3)15(2,14(19)21-4)16-12(17)11-8-6-5-7-9-11/h5-10H,1-4H3,(H,16,17)/t10-,15+/m1/s1. The second-order valence-corrected chi connectivity index (χ2v) is 4.76. The molecule has 1 N–H and O–H groups in total. The normalized spacial score (nSPS) is 14.5. The molecule has 21 heavy (non-hydrogen) atoms. The maximum absolute atomic E-state index is 12.2. The van der Waals surface area contributed by atoms with Crippen molar-refractivity contribution in [2.75, 3.05) is 14.2 Å². The summed E-state index contributed by atoms with van der Waals surface area (Å²) in [7, 11) is 2.41. The Labute approximate surface area is 123 Å². The molecule has 0 saturated carbocycles. The van der Waals surface area contributed by atoms with Crippen molar-refractivity contribution in [3.8, 4) is 0 Å². The first-order valence-corrected chi connectivity index (χ1v) is 6.40. The smallest absolute Gasteiger partial charge is 0.332 e. The molecule has 0 fully saturated rings. The Kier molecular flexibility index (Phi) is 5.46. The number of hydrogen-bond acceptors (Lipinski definition) is 5. The predicted molar refractivity (Wildman–Crippen MR) is 75.5 cm³/mol. The lowest BCUT2D eigenvalue weighted by Crippen LogP contribution is -2.59. The van der Waals surface area contributed by atoms with Crippen LogP contribution in [0.5, 0.6) is 0 Å². The van der Waals surface area contributed by atoms with E-state index in [9.17, 15) is 14.4 Å². The highest BCUT2D eigenvalue weighted by Crippen LogP contribution is 2.21. The fourth-order valence-corrected chi connectivity index (χ4v) is 1.86. The van der Waals surface area contributed by atoms with E-state index in [4.69, 9.17) is 4.74 Å². The topological polar surface area (TPSA) is 81.7 Å². The third kappa shape index (κ3) is 3.59. The molecule has 0 spiro atoms. The van der Waals surface area contributed by atoms with Crippen molar-refractivity contribution in [2.24, 2.45) is 5.92 Å². The van der Waals surface area contributed by atoms with Gasteiger partial charge < -0.3 is 14.8 Å². The third-order valence-electron chi connectivity index (χ3n) is 3.44. The van der Waals surface area contributed by atoms with Crippen LogP contribution in [-0.4, -0.2) is 37.6 Å². The molecule has 0 aliphatic heterocycles. The maximum Gasteiger partial charge on any atom is 0.332 e. The minimum Gasteiger partial charge on any atom is -0.469 e. The van der Waals surface area contributed by atoms with Gasteiger partial charge in [0.25, 0.3) is 5.91 Å². The van der Waals surface area contributed by atoms with Crippen LogP contribution >= 0.6 is 0 Å². The number of nitrogens with one attached hydrogen (secondary N) is 1. The summed E-state index contributed by atoms with van der Waals surface area (Å²) < 4.78 is 9.35. The Morgan fingerprint density at radius 2 is 1.67 bits per heavy atom. The Hall–Kier alpha value is -2.37. The minimum atomic E-state index is -1.52. The molecule has 0 unspecified atom stereocenters. The van der Waals surface area contributed by atoms with Gasteiger partial charge in [0.15, 0.2) is 0 Å². The Morgan fingerprint density at radius 3 is 2.14 bits per heavy atom. The molecule has 0 bridgehead atoms. The number of carbonyl (C=O) groups excluding carboxylic acids is 3. The minimum absolute atomic E-state index is 0.379. The molecule has 0 radical (unpaired) electrons. The van der Waals surface area contributed by atoms with Gasteiger partial charge in [-0.2, -0.15) is 0 Å². The lowest BCUT2D eigenvalue weighted by Gasteiger charge is -2.32. The van der Waals surface area contributed by atoms with Crippen LogP contribution in [0.2, 0.25) is 0 Å². The first kappa shape index (κ1) is 16.7. The molecule has 1 aromatic rings. The van der Waals surface area contributed by atoms with Gasteiger partial charge in [0.05, 0.1) is 20.1 Å². The highest BCUT2D eigenvalue weighted by Gasteiger charge is 2.45. The Bertz CT molecular complexity index is 528. The third-order valence-corrected chi connectivity index (χ3v) is 3.44. The number of esters is 2. The molecule has 0 aromatic heterocycles. The van der Waals surface area contributed by atoms with Crippen LogP contribution in [0.3, 0.4) is 0 Å². The molecule has 2 atom stereocenters. The molecule has 1 aromatic carbocycles. The SMILES string of the molecule is COC(=O)[C@@H](C)[C@](C)(NC(=O)c1ccccc1)C(=O)OC. The fourth-order valence-electron chi connectivity index (χ4n) is 1.86. The molecule has 0 aliphatic rings. The molecule has 0 saturated heterocycles. The largest absolute Gasteiger partial charge is 0.469 e. The van der Waals surface area contributed by atoms with Crippen LogP contribution in [0.15, 0.2) is 30.3 Å². The summed E-state index contributed by atoms with van der Waals surface area (Å²) in [5, 5.41) is 2.56. The van der Waals surface area contributed by atoms with Crippen LogP contribution in [0.1, 0.15) is 24.2 Å². The zero-order chi connectivity index (χ0) is 16.0. The molecule has 1 rings (SSSR count). The maximum atomic E-state index is 12.2. The average Bonchev–Trinajstić information content (AvgIpc) is 2.52. The van der Waals surface area contributed by atoms with Gasteiger partial charge in [-0.3, -0.25) is 9.59 Å². The van der Waals surface area contributed by atoms with E-state index in [0.717, 1.165) is 0 Å². The summed E-state index contributed by atoms with van der Waals surface area (Å²) in [5.74, 6) is -2.71. The van der Waals surface area contributed by atoms with Crippen LogP contribution in [-0.2, 0) is 19.1 Å². The number of amides is 1. The summed E-state index contributed by atoms with van der Waals surface area (Å²) >= 11 is 0. The Morgan fingerprint density at radius 1 is 1.10 bits per heavy atom. The lowest BCUT2D eigenvalue weighted by atomic mass is 9.86. The molecule has 0 heterocycles. The number of ether oxygens (including phenoxy) is 2. The second kappa shape index (κ2) is 6.88. The van der Waals surface area contributed by atoms with E-state index in [-0.39, 0.29) is 0 Å². The van der Waals surface area contributed by atoms with E-state index >= 15 is 0 Å².